The number of amides is 1. The predicted molar refractivity (Wildman–Crippen MR) is 59.9 cm³/mol. The Bertz CT molecular complexity index is 442. The average molecular weight is 240 g/mol. The first-order valence-corrected chi connectivity index (χ1v) is 4.83. The summed E-state index contributed by atoms with van der Waals surface area (Å²) in [5, 5.41) is 21.2. The van der Waals surface area contributed by atoms with Crippen molar-refractivity contribution in [2.24, 2.45) is 5.73 Å². The summed E-state index contributed by atoms with van der Waals surface area (Å²) in [4.78, 5) is 10.6. The highest BCUT2D eigenvalue weighted by Crippen LogP contribution is 2.19. The number of anilines is 1. The van der Waals surface area contributed by atoms with E-state index in [1.807, 2.05) is 6.07 Å². The Hall–Kier alpha value is -1.77. The number of rotatable bonds is 4. The van der Waals surface area contributed by atoms with Crippen molar-refractivity contribution in [3.8, 4) is 6.07 Å². The van der Waals surface area contributed by atoms with Gasteiger partial charge in [-0.1, -0.05) is 11.6 Å². The van der Waals surface area contributed by atoms with Crippen LogP contribution in [0, 0.1) is 11.3 Å². The quantitative estimate of drug-likeness (QED) is 0.711. The minimum absolute atomic E-state index is 0.0500. The van der Waals surface area contributed by atoms with Gasteiger partial charge < -0.3 is 16.2 Å². The summed E-state index contributed by atoms with van der Waals surface area (Å²) >= 11 is 5.71. The van der Waals surface area contributed by atoms with Crippen LogP contribution in [0.2, 0.25) is 5.02 Å². The van der Waals surface area contributed by atoms with E-state index < -0.39 is 12.0 Å². The van der Waals surface area contributed by atoms with Gasteiger partial charge in [0.25, 0.3) is 0 Å². The lowest BCUT2D eigenvalue weighted by Crippen LogP contribution is -2.34. The molecule has 0 radical (unpaired) electrons. The number of primary amides is 1. The van der Waals surface area contributed by atoms with Crippen LogP contribution in [0.5, 0.6) is 0 Å². The first kappa shape index (κ1) is 12.3. The lowest BCUT2D eigenvalue weighted by Gasteiger charge is -2.10. The van der Waals surface area contributed by atoms with Gasteiger partial charge in [-0.3, -0.25) is 4.79 Å². The summed E-state index contributed by atoms with van der Waals surface area (Å²) < 4.78 is 0. The van der Waals surface area contributed by atoms with Crippen molar-refractivity contribution in [2.45, 2.75) is 6.10 Å². The van der Waals surface area contributed by atoms with Gasteiger partial charge in [-0.2, -0.15) is 5.26 Å². The molecule has 6 heteroatoms. The maximum atomic E-state index is 10.6. The summed E-state index contributed by atoms with van der Waals surface area (Å²) in [5.74, 6) is -0.819. The van der Waals surface area contributed by atoms with E-state index in [1.165, 1.54) is 6.07 Å². The molecule has 0 heterocycles. The SMILES string of the molecule is N#Cc1cc(Cl)ccc1NCC(O)C(N)=O. The molecule has 0 aliphatic heterocycles. The number of nitrogens with two attached hydrogens (primary N) is 1. The zero-order valence-electron chi connectivity index (χ0n) is 8.27. The summed E-state index contributed by atoms with van der Waals surface area (Å²) in [6, 6.07) is 6.62. The second-order valence-electron chi connectivity index (χ2n) is 3.10. The minimum atomic E-state index is -1.29. The maximum absolute atomic E-state index is 10.6. The van der Waals surface area contributed by atoms with Gasteiger partial charge in [-0.25, -0.2) is 0 Å². The van der Waals surface area contributed by atoms with E-state index in [4.69, 9.17) is 27.7 Å². The molecule has 5 nitrogen and oxygen atoms in total. The lowest BCUT2D eigenvalue weighted by atomic mass is 10.2. The smallest absolute Gasteiger partial charge is 0.248 e. The molecule has 1 atom stereocenters. The monoisotopic (exact) mass is 239 g/mol. The van der Waals surface area contributed by atoms with Crippen LogP contribution in [-0.2, 0) is 4.79 Å². The van der Waals surface area contributed by atoms with Crippen molar-refractivity contribution < 1.29 is 9.90 Å². The largest absolute Gasteiger partial charge is 0.381 e. The number of hydrogen-bond donors (Lipinski definition) is 3. The molecule has 1 unspecified atom stereocenters. The van der Waals surface area contributed by atoms with E-state index in [0.717, 1.165) is 0 Å². The number of halogens is 1. The van der Waals surface area contributed by atoms with Crippen molar-refractivity contribution in [1.29, 1.82) is 5.26 Å². The van der Waals surface area contributed by atoms with Crippen molar-refractivity contribution >= 4 is 23.2 Å². The number of aliphatic hydroxyl groups is 1. The zero-order valence-corrected chi connectivity index (χ0v) is 9.03. The molecule has 0 bridgehead atoms. The molecule has 16 heavy (non-hydrogen) atoms. The summed E-state index contributed by atoms with van der Waals surface area (Å²) in [7, 11) is 0. The highest BCUT2D eigenvalue weighted by Gasteiger charge is 2.11. The molecule has 0 aromatic heterocycles. The summed E-state index contributed by atoms with van der Waals surface area (Å²) in [6.45, 7) is -0.0500. The normalized spacial score (nSPS) is 11.6. The number of nitrogens with one attached hydrogen (secondary N) is 1. The maximum Gasteiger partial charge on any atom is 0.248 e. The molecule has 0 fully saturated rings. The molecule has 0 saturated heterocycles. The third-order valence-corrected chi connectivity index (χ3v) is 2.15. The number of benzene rings is 1. The van der Waals surface area contributed by atoms with Gasteiger partial charge in [0.2, 0.25) is 5.91 Å². The Morgan fingerprint density at radius 3 is 2.94 bits per heavy atom. The number of carbonyl (C=O) groups is 1. The van der Waals surface area contributed by atoms with E-state index in [9.17, 15) is 4.79 Å². The number of nitrogens with zero attached hydrogens (tertiary/aromatic N) is 1. The Morgan fingerprint density at radius 2 is 2.38 bits per heavy atom. The molecule has 0 aliphatic rings. The van der Waals surface area contributed by atoms with Crippen LogP contribution in [0.25, 0.3) is 0 Å². The number of carbonyl (C=O) groups excluding carboxylic acids is 1. The molecule has 4 N–H and O–H groups in total. The van der Waals surface area contributed by atoms with Gasteiger partial charge in [0.1, 0.15) is 12.2 Å². The first-order chi connectivity index (χ1) is 7.54. The lowest BCUT2D eigenvalue weighted by molar-refractivity contribution is -0.125. The molecule has 0 aliphatic carbocycles. The Kier molecular flexibility index (Phi) is 4.11. The summed E-state index contributed by atoms with van der Waals surface area (Å²) in [5.41, 5.74) is 5.71. The fourth-order valence-corrected chi connectivity index (χ4v) is 1.24. The van der Waals surface area contributed by atoms with Crippen molar-refractivity contribution in [3.05, 3.63) is 28.8 Å². The van der Waals surface area contributed by atoms with Crippen LogP contribution in [0.4, 0.5) is 5.69 Å². The van der Waals surface area contributed by atoms with Crippen LogP contribution in [0.3, 0.4) is 0 Å². The van der Waals surface area contributed by atoms with E-state index in [-0.39, 0.29) is 6.54 Å². The van der Waals surface area contributed by atoms with Crippen molar-refractivity contribution in [1.82, 2.24) is 0 Å². The average Bonchev–Trinajstić information content (AvgIpc) is 2.26. The van der Waals surface area contributed by atoms with Gasteiger partial charge in [0.15, 0.2) is 0 Å². The Morgan fingerprint density at radius 1 is 1.69 bits per heavy atom. The highest BCUT2D eigenvalue weighted by molar-refractivity contribution is 6.30. The first-order valence-electron chi connectivity index (χ1n) is 4.45. The van der Waals surface area contributed by atoms with E-state index in [2.05, 4.69) is 5.32 Å². The topological polar surface area (TPSA) is 99.1 Å². The van der Waals surface area contributed by atoms with Gasteiger partial charge >= 0.3 is 0 Å². The van der Waals surface area contributed by atoms with Crippen LogP contribution in [-0.4, -0.2) is 23.7 Å². The Labute approximate surface area is 97.4 Å². The van der Waals surface area contributed by atoms with Gasteiger partial charge in [-0.15, -0.1) is 0 Å². The Balaban J connectivity index is 2.75. The molecule has 0 spiro atoms. The van der Waals surface area contributed by atoms with Gasteiger partial charge in [-0.05, 0) is 18.2 Å². The highest BCUT2D eigenvalue weighted by atomic mass is 35.5. The van der Waals surface area contributed by atoms with E-state index in [1.54, 1.807) is 12.1 Å². The van der Waals surface area contributed by atoms with Crippen LogP contribution >= 0.6 is 11.6 Å². The minimum Gasteiger partial charge on any atom is -0.381 e. The second kappa shape index (κ2) is 5.35. The number of hydrogen-bond acceptors (Lipinski definition) is 4. The second-order valence-corrected chi connectivity index (χ2v) is 3.54. The van der Waals surface area contributed by atoms with Gasteiger partial charge in [0, 0.05) is 11.6 Å². The third-order valence-electron chi connectivity index (χ3n) is 1.92. The van der Waals surface area contributed by atoms with E-state index in [0.29, 0.717) is 16.3 Å². The molecular weight excluding hydrogens is 230 g/mol. The van der Waals surface area contributed by atoms with Crippen molar-refractivity contribution in [3.63, 3.8) is 0 Å². The molecule has 1 rings (SSSR count). The number of aliphatic hydroxyl groups excluding tert-OH is 1. The van der Waals surface area contributed by atoms with E-state index >= 15 is 0 Å². The molecule has 84 valence electrons. The zero-order chi connectivity index (χ0) is 12.1. The van der Waals surface area contributed by atoms with Crippen LogP contribution in [0.15, 0.2) is 18.2 Å². The van der Waals surface area contributed by atoms with Crippen LogP contribution < -0.4 is 11.1 Å². The number of nitriles is 1. The third kappa shape index (κ3) is 3.12. The summed E-state index contributed by atoms with van der Waals surface area (Å²) in [6.07, 6.45) is -1.29. The molecule has 0 saturated carbocycles. The standard InChI is InChI=1S/C10H10ClN3O2/c11-7-1-2-8(6(3-7)4-12)14-5-9(15)10(13)16/h1-3,9,14-15H,5H2,(H2,13,16). The molecule has 1 aromatic rings. The van der Waals surface area contributed by atoms with Crippen LogP contribution in [0.1, 0.15) is 5.56 Å². The fourth-order valence-electron chi connectivity index (χ4n) is 1.07. The predicted octanol–water partition coefficient (Wildman–Crippen LogP) is 0.470. The fraction of sp³-hybridized carbons (Fsp3) is 0.200. The molecule has 1 aromatic carbocycles. The molecular formula is C10H10ClN3O2. The van der Waals surface area contributed by atoms with Gasteiger partial charge in [0.05, 0.1) is 11.3 Å². The molecule has 1 amide bonds. The van der Waals surface area contributed by atoms with Crippen molar-refractivity contribution in [2.75, 3.05) is 11.9 Å².